The van der Waals surface area contributed by atoms with Crippen molar-refractivity contribution in [1.29, 1.82) is 5.53 Å². The van der Waals surface area contributed by atoms with Gasteiger partial charge in [0, 0.05) is 12.8 Å². The van der Waals surface area contributed by atoms with Crippen molar-refractivity contribution in [3.05, 3.63) is 65.7 Å². The van der Waals surface area contributed by atoms with E-state index in [0.717, 1.165) is 17.3 Å². The van der Waals surface area contributed by atoms with Gasteiger partial charge in [-0.3, -0.25) is 9.59 Å². The SMILES string of the molecule is CC(C)(C)Oc1ccc(CC(NC(=O)C(Cc2ccccc2)NC(=O)[O-])C(=O)C=[N+]=N)cc1. The number of nitrogens with zero attached hydrogens (tertiary/aromatic N) is 1. The summed E-state index contributed by atoms with van der Waals surface area (Å²) in [7, 11) is 0. The Bertz CT molecular complexity index is 1010. The van der Waals surface area contributed by atoms with Crippen LogP contribution in [0.3, 0.4) is 0 Å². The van der Waals surface area contributed by atoms with E-state index in [2.05, 4.69) is 15.4 Å². The molecule has 0 saturated carbocycles. The van der Waals surface area contributed by atoms with E-state index >= 15 is 0 Å². The van der Waals surface area contributed by atoms with Gasteiger partial charge in [0.15, 0.2) is 0 Å². The van der Waals surface area contributed by atoms with Crippen LogP contribution in [0.1, 0.15) is 31.9 Å². The van der Waals surface area contributed by atoms with Crippen LogP contribution in [0.15, 0.2) is 54.6 Å². The minimum atomic E-state index is -1.60. The molecule has 0 heterocycles. The summed E-state index contributed by atoms with van der Waals surface area (Å²) in [5.74, 6) is -0.611. The van der Waals surface area contributed by atoms with Gasteiger partial charge in [0.25, 0.3) is 5.78 Å². The van der Waals surface area contributed by atoms with E-state index in [4.69, 9.17) is 10.3 Å². The number of hydrogen-bond acceptors (Lipinski definition) is 6. The quantitative estimate of drug-likeness (QED) is 0.283. The van der Waals surface area contributed by atoms with E-state index in [9.17, 15) is 19.5 Å². The average molecular weight is 453 g/mol. The molecule has 2 aromatic rings. The molecular formula is C24H28N4O5. The fourth-order valence-corrected chi connectivity index (χ4v) is 3.13. The molecule has 0 fully saturated rings. The monoisotopic (exact) mass is 452 g/mol. The van der Waals surface area contributed by atoms with E-state index in [1.54, 1.807) is 54.6 Å². The van der Waals surface area contributed by atoms with Crippen LogP contribution in [0.5, 0.6) is 5.75 Å². The Morgan fingerprint density at radius 3 is 2.09 bits per heavy atom. The largest absolute Gasteiger partial charge is 0.530 e. The van der Waals surface area contributed by atoms with E-state index < -0.39 is 29.9 Å². The van der Waals surface area contributed by atoms with Gasteiger partial charge in [0.05, 0.1) is 10.3 Å². The van der Waals surface area contributed by atoms with E-state index in [0.29, 0.717) is 5.75 Å². The third-order valence-corrected chi connectivity index (χ3v) is 4.53. The zero-order valence-electron chi connectivity index (χ0n) is 18.8. The summed E-state index contributed by atoms with van der Waals surface area (Å²) in [6, 6.07) is 13.7. The summed E-state index contributed by atoms with van der Waals surface area (Å²) in [6.07, 6.45) is -0.598. The number of carbonyl (C=O) groups is 3. The maximum atomic E-state index is 12.9. The van der Waals surface area contributed by atoms with Crippen molar-refractivity contribution in [1.82, 2.24) is 10.6 Å². The van der Waals surface area contributed by atoms with Crippen LogP contribution in [0.25, 0.3) is 0 Å². The standard InChI is InChI=1S/C24H28N4O5/c1-24(2,3)33-18-11-9-17(10-12-18)13-19(21(29)15-26-25)27-22(30)20(28-23(31)32)14-16-7-5-4-6-8-16/h4-12,15,19-20,25,28H,13-14H2,1-3H3,(H-,27,30,31,32). The van der Waals surface area contributed by atoms with Crippen LogP contribution in [0, 0.1) is 5.53 Å². The maximum absolute atomic E-state index is 12.9. The van der Waals surface area contributed by atoms with Crippen molar-refractivity contribution in [2.45, 2.75) is 51.3 Å². The molecule has 0 bridgehead atoms. The Labute approximate surface area is 192 Å². The molecule has 0 spiro atoms. The Hall–Kier alpha value is -3.97. The number of amides is 2. The number of carboxylic acid groups (broad SMARTS) is 1. The highest BCUT2D eigenvalue weighted by molar-refractivity contribution is 6.28. The minimum absolute atomic E-state index is 0.0763. The first-order valence-corrected chi connectivity index (χ1v) is 10.4. The second kappa shape index (κ2) is 11.6. The number of ether oxygens (including phenoxy) is 1. The predicted octanol–water partition coefficient (Wildman–Crippen LogP) is 1.31. The molecule has 2 atom stereocenters. The summed E-state index contributed by atoms with van der Waals surface area (Å²) in [4.78, 5) is 39.5. The molecule has 174 valence electrons. The molecule has 33 heavy (non-hydrogen) atoms. The van der Waals surface area contributed by atoms with Gasteiger partial charge in [-0.15, -0.1) is 0 Å². The first kappa shape index (κ1) is 25.3. The molecule has 2 aromatic carbocycles. The van der Waals surface area contributed by atoms with Crippen LogP contribution < -0.4 is 20.5 Å². The predicted molar refractivity (Wildman–Crippen MR) is 119 cm³/mol. The fourth-order valence-electron chi connectivity index (χ4n) is 3.13. The topological polar surface area (TPSA) is 146 Å². The molecule has 3 N–H and O–H groups in total. The summed E-state index contributed by atoms with van der Waals surface area (Å²) < 4.78 is 5.78. The summed E-state index contributed by atoms with van der Waals surface area (Å²) in [5.41, 5.74) is 8.05. The zero-order chi connectivity index (χ0) is 24.4. The molecule has 0 aromatic heterocycles. The number of nitrogens with one attached hydrogen (secondary N) is 3. The molecule has 0 radical (unpaired) electrons. The maximum Gasteiger partial charge on any atom is 0.374 e. The molecule has 0 aliphatic rings. The molecule has 0 aliphatic carbocycles. The summed E-state index contributed by atoms with van der Waals surface area (Å²) in [5, 5.41) is 15.8. The minimum Gasteiger partial charge on any atom is -0.530 e. The van der Waals surface area contributed by atoms with Crippen LogP contribution in [-0.4, -0.2) is 46.5 Å². The number of carbonyl (C=O) groups excluding carboxylic acids is 3. The second-order valence-corrected chi connectivity index (χ2v) is 8.46. The third-order valence-electron chi connectivity index (χ3n) is 4.53. The van der Waals surface area contributed by atoms with E-state index in [1.165, 1.54) is 0 Å². The van der Waals surface area contributed by atoms with Gasteiger partial charge in [0.1, 0.15) is 29.5 Å². The number of Topliss-reactive ketones (excluding diaryl/α,β-unsaturated/α-hetero) is 1. The highest BCUT2D eigenvalue weighted by Gasteiger charge is 2.27. The lowest BCUT2D eigenvalue weighted by molar-refractivity contribution is -0.251. The first-order chi connectivity index (χ1) is 15.6. The Kier molecular flexibility index (Phi) is 8.89. The molecule has 2 unspecified atom stereocenters. The Balaban J connectivity index is 2.18. The van der Waals surface area contributed by atoms with Gasteiger partial charge in [-0.25, -0.2) is 0 Å². The van der Waals surface area contributed by atoms with Gasteiger partial charge >= 0.3 is 6.21 Å². The molecule has 2 amide bonds. The summed E-state index contributed by atoms with van der Waals surface area (Å²) in [6.45, 7) is 5.79. The van der Waals surface area contributed by atoms with Crippen molar-refractivity contribution >= 4 is 24.0 Å². The summed E-state index contributed by atoms with van der Waals surface area (Å²) >= 11 is 0. The lowest BCUT2D eigenvalue weighted by Gasteiger charge is -2.23. The lowest BCUT2D eigenvalue weighted by atomic mass is 10.0. The number of hydrogen-bond donors (Lipinski definition) is 3. The second-order valence-electron chi connectivity index (χ2n) is 8.46. The van der Waals surface area contributed by atoms with Crippen molar-refractivity contribution in [3.63, 3.8) is 0 Å². The normalized spacial score (nSPS) is 12.6. The molecule has 0 saturated heterocycles. The van der Waals surface area contributed by atoms with Crippen molar-refractivity contribution in [2.75, 3.05) is 0 Å². The highest BCUT2D eigenvalue weighted by atomic mass is 16.5. The molecular weight excluding hydrogens is 424 g/mol. The van der Waals surface area contributed by atoms with E-state index in [-0.39, 0.29) is 18.4 Å². The Morgan fingerprint density at radius 1 is 0.970 bits per heavy atom. The first-order valence-electron chi connectivity index (χ1n) is 10.4. The van der Waals surface area contributed by atoms with Gasteiger partial charge in [-0.1, -0.05) is 42.5 Å². The molecule has 0 aliphatic heterocycles. The van der Waals surface area contributed by atoms with Crippen LogP contribution in [0.4, 0.5) is 4.79 Å². The smallest absolute Gasteiger partial charge is 0.374 e. The third kappa shape index (κ3) is 8.96. The fraction of sp³-hybridized carbons (Fsp3) is 0.333. The zero-order valence-corrected chi connectivity index (χ0v) is 18.8. The number of benzene rings is 2. The van der Waals surface area contributed by atoms with Crippen molar-refractivity contribution in [3.8, 4) is 5.75 Å². The van der Waals surface area contributed by atoms with Gasteiger partial charge in [-0.05, 0) is 44.0 Å². The highest BCUT2D eigenvalue weighted by Crippen LogP contribution is 2.19. The van der Waals surface area contributed by atoms with Crippen LogP contribution >= 0.6 is 0 Å². The van der Waals surface area contributed by atoms with Gasteiger partial charge < -0.3 is 25.3 Å². The van der Waals surface area contributed by atoms with Crippen LogP contribution in [-0.2, 0) is 22.4 Å². The molecule has 2 rings (SSSR count). The number of rotatable bonds is 10. The number of ketones is 1. The van der Waals surface area contributed by atoms with Gasteiger partial charge in [-0.2, -0.15) is 0 Å². The van der Waals surface area contributed by atoms with Crippen LogP contribution in [0.2, 0.25) is 0 Å². The van der Waals surface area contributed by atoms with Crippen molar-refractivity contribution < 1.29 is 29.0 Å². The van der Waals surface area contributed by atoms with Gasteiger partial charge in [0.2, 0.25) is 5.91 Å². The molecule has 9 nitrogen and oxygen atoms in total. The lowest BCUT2D eigenvalue weighted by Crippen LogP contribution is -2.55. The Morgan fingerprint density at radius 2 is 1.55 bits per heavy atom. The van der Waals surface area contributed by atoms with E-state index in [1.807, 2.05) is 20.8 Å². The average Bonchev–Trinajstić information content (AvgIpc) is 2.73. The molecule has 9 heteroatoms. The van der Waals surface area contributed by atoms with Crippen molar-refractivity contribution in [2.24, 2.45) is 0 Å².